The van der Waals surface area contributed by atoms with Crippen molar-refractivity contribution in [1.82, 2.24) is 9.78 Å². The molecule has 0 radical (unpaired) electrons. The standard InChI is InChI=1S/C13H14N2O3/c1-13(18,12(16)17)9-15-8-11(7-14-15)10-5-3-2-4-6-10/h2-8,18H,9H2,1H3,(H,16,17). The highest BCUT2D eigenvalue weighted by Gasteiger charge is 2.30. The molecule has 0 saturated carbocycles. The molecule has 0 aliphatic carbocycles. The first-order chi connectivity index (χ1) is 8.49. The van der Waals surface area contributed by atoms with Gasteiger partial charge in [-0.05, 0) is 12.5 Å². The lowest BCUT2D eigenvalue weighted by Gasteiger charge is -2.17. The molecule has 1 aromatic carbocycles. The molecule has 0 aliphatic rings. The molecule has 1 heterocycles. The number of hydrogen-bond donors (Lipinski definition) is 2. The molecule has 0 aliphatic heterocycles. The van der Waals surface area contributed by atoms with Crippen molar-refractivity contribution in [2.24, 2.45) is 0 Å². The van der Waals surface area contributed by atoms with E-state index in [2.05, 4.69) is 5.10 Å². The fourth-order valence-electron chi connectivity index (χ4n) is 1.61. The molecule has 2 rings (SSSR count). The van der Waals surface area contributed by atoms with Gasteiger partial charge >= 0.3 is 5.97 Å². The van der Waals surface area contributed by atoms with Crippen molar-refractivity contribution in [2.75, 3.05) is 0 Å². The van der Waals surface area contributed by atoms with E-state index < -0.39 is 11.6 Å². The van der Waals surface area contributed by atoms with Crippen LogP contribution < -0.4 is 0 Å². The van der Waals surface area contributed by atoms with Crippen LogP contribution in [0.25, 0.3) is 11.1 Å². The van der Waals surface area contributed by atoms with Crippen molar-refractivity contribution in [2.45, 2.75) is 19.1 Å². The van der Waals surface area contributed by atoms with E-state index in [0.717, 1.165) is 11.1 Å². The summed E-state index contributed by atoms with van der Waals surface area (Å²) >= 11 is 0. The average molecular weight is 246 g/mol. The molecule has 1 unspecified atom stereocenters. The van der Waals surface area contributed by atoms with Gasteiger partial charge in [0.1, 0.15) is 0 Å². The van der Waals surface area contributed by atoms with E-state index in [0.29, 0.717) is 0 Å². The predicted octanol–water partition coefficient (Wildman–Crippen LogP) is 1.39. The fourth-order valence-corrected chi connectivity index (χ4v) is 1.61. The van der Waals surface area contributed by atoms with Crippen molar-refractivity contribution in [3.8, 4) is 11.1 Å². The maximum atomic E-state index is 10.8. The molecule has 0 spiro atoms. The maximum absolute atomic E-state index is 10.8. The van der Waals surface area contributed by atoms with Crippen molar-refractivity contribution >= 4 is 5.97 Å². The molecule has 18 heavy (non-hydrogen) atoms. The van der Waals surface area contributed by atoms with Crippen LogP contribution >= 0.6 is 0 Å². The summed E-state index contributed by atoms with van der Waals surface area (Å²) in [5.74, 6) is -1.26. The lowest BCUT2D eigenvalue weighted by Crippen LogP contribution is -2.39. The molecule has 94 valence electrons. The molecule has 2 aromatic rings. The molecule has 0 fully saturated rings. The van der Waals surface area contributed by atoms with Crippen LogP contribution in [0.4, 0.5) is 0 Å². The number of rotatable bonds is 4. The summed E-state index contributed by atoms with van der Waals surface area (Å²) in [7, 11) is 0. The zero-order valence-corrected chi connectivity index (χ0v) is 9.95. The van der Waals surface area contributed by atoms with E-state index in [-0.39, 0.29) is 6.54 Å². The number of carboxylic acids is 1. The van der Waals surface area contributed by atoms with Gasteiger partial charge in [0, 0.05) is 11.8 Å². The van der Waals surface area contributed by atoms with Gasteiger partial charge in [0.25, 0.3) is 0 Å². The van der Waals surface area contributed by atoms with Crippen LogP contribution in [0, 0.1) is 0 Å². The van der Waals surface area contributed by atoms with Crippen LogP contribution in [0.15, 0.2) is 42.7 Å². The highest BCUT2D eigenvalue weighted by atomic mass is 16.4. The Hall–Kier alpha value is -2.14. The minimum atomic E-state index is -1.82. The summed E-state index contributed by atoms with van der Waals surface area (Å²) in [4.78, 5) is 10.8. The first-order valence-corrected chi connectivity index (χ1v) is 5.53. The van der Waals surface area contributed by atoms with E-state index in [4.69, 9.17) is 5.11 Å². The van der Waals surface area contributed by atoms with Gasteiger partial charge in [-0.15, -0.1) is 0 Å². The molecule has 5 nitrogen and oxygen atoms in total. The van der Waals surface area contributed by atoms with E-state index in [1.807, 2.05) is 30.3 Å². The van der Waals surface area contributed by atoms with Gasteiger partial charge in [-0.1, -0.05) is 30.3 Å². The van der Waals surface area contributed by atoms with Crippen LogP contribution in [0.1, 0.15) is 6.92 Å². The molecule has 0 saturated heterocycles. The Kier molecular flexibility index (Phi) is 3.16. The summed E-state index contributed by atoms with van der Waals surface area (Å²) in [6.45, 7) is 1.16. The zero-order valence-electron chi connectivity index (χ0n) is 9.95. The lowest BCUT2D eigenvalue weighted by atomic mass is 10.1. The largest absolute Gasteiger partial charge is 0.479 e. The summed E-state index contributed by atoms with van der Waals surface area (Å²) in [5.41, 5.74) is 0.0653. The van der Waals surface area contributed by atoms with Gasteiger partial charge in [0.05, 0.1) is 12.7 Å². The van der Waals surface area contributed by atoms with Crippen molar-refractivity contribution in [3.05, 3.63) is 42.7 Å². The van der Waals surface area contributed by atoms with Gasteiger partial charge in [-0.3, -0.25) is 4.68 Å². The topological polar surface area (TPSA) is 75.3 Å². The van der Waals surface area contributed by atoms with Crippen LogP contribution in [-0.2, 0) is 11.3 Å². The van der Waals surface area contributed by atoms with E-state index in [9.17, 15) is 9.90 Å². The van der Waals surface area contributed by atoms with Gasteiger partial charge in [-0.25, -0.2) is 4.79 Å². The highest BCUT2D eigenvalue weighted by Crippen LogP contribution is 2.18. The van der Waals surface area contributed by atoms with E-state index in [1.165, 1.54) is 11.6 Å². The smallest absolute Gasteiger partial charge is 0.337 e. The summed E-state index contributed by atoms with van der Waals surface area (Å²) < 4.78 is 1.43. The van der Waals surface area contributed by atoms with Gasteiger partial charge < -0.3 is 10.2 Å². The Morgan fingerprint density at radius 3 is 2.61 bits per heavy atom. The number of aliphatic hydroxyl groups is 1. The van der Waals surface area contributed by atoms with E-state index in [1.54, 1.807) is 12.4 Å². The Balaban J connectivity index is 2.19. The third kappa shape index (κ3) is 2.57. The molecule has 0 amide bonds. The number of aromatic nitrogens is 2. The van der Waals surface area contributed by atoms with Crippen molar-refractivity contribution in [3.63, 3.8) is 0 Å². The van der Waals surface area contributed by atoms with Crippen LogP contribution in [0.2, 0.25) is 0 Å². The highest BCUT2D eigenvalue weighted by molar-refractivity contribution is 5.76. The third-order valence-electron chi connectivity index (χ3n) is 2.67. The monoisotopic (exact) mass is 246 g/mol. The minimum absolute atomic E-state index is 0.0881. The molecule has 1 aromatic heterocycles. The number of carboxylic acid groups (broad SMARTS) is 1. The molecule has 5 heteroatoms. The third-order valence-corrected chi connectivity index (χ3v) is 2.67. The minimum Gasteiger partial charge on any atom is -0.479 e. The summed E-state index contributed by atoms with van der Waals surface area (Å²) in [5, 5.41) is 22.6. The second-order valence-corrected chi connectivity index (χ2v) is 4.37. The lowest BCUT2D eigenvalue weighted by molar-refractivity contribution is -0.158. The normalized spacial score (nSPS) is 14.1. The van der Waals surface area contributed by atoms with Crippen LogP contribution in [-0.4, -0.2) is 31.6 Å². The Bertz CT molecular complexity index is 546. The number of aliphatic carboxylic acids is 1. The molecule has 2 N–H and O–H groups in total. The van der Waals surface area contributed by atoms with Crippen LogP contribution in [0.3, 0.4) is 0 Å². The Morgan fingerprint density at radius 2 is 2.00 bits per heavy atom. The predicted molar refractivity (Wildman–Crippen MR) is 65.9 cm³/mol. The first-order valence-electron chi connectivity index (χ1n) is 5.53. The molecule has 0 bridgehead atoms. The summed E-state index contributed by atoms with van der Waals surface area (Å²) in [6.07, 6.45) is 3.36. The fraction of sp³-hybridized carbons (Fsp3) is 0.231. The molecular formula is C13H14N2O3. The van der Waals surface area contributed by atoms with E-state index >= 15 is 0 Å². The van der Waals surface area contributed by atoms with Crippen molar-refractivity contribution in [1.29, 1.82) is 0 Å². The molecule has 1 atom stereocenters. The number of carbonyl (C=O) groups is 1. The summed E-state index contributed by atoms with van der Waals surface area (Å²) in [6, 6.07) is 9.64. The second-order valence-electron chi connectivity index (χ2n) is 4.37. The van der Waals surface area contributed by atoms with Gasteiger partial charge in [0.2, 0.25) is 0 Å². The molecular weight excluding hydrogens is 232 g/mol. The number of hydrogen-bond acceptors (Lipinski definition) is 3. The van der Waals surface area contributed by atoms with Crippen LogP contribution in [0.5, 0.6) is 0 Å². The zero-order chi connectivity index (χ0) is 13.2. The second kappa shape index (κ2) is 4.62. The number of nitrogens with zero attached hydrogens (tertiary/aromatic N) is 2. The first kappa shape index (κ1) is 12.3. The Morgan fingerprint density at radius 1 is 1.33 bits per heavy atom. The van der Waals surface area contributed by atoms with Crippen molar-refractivity contribution < 1.29 is 15.0 Å². The maximum Gasteiger partial charge on any atom is 0.337 e. The Labute approximate surface area is 104 Å². The SMILES string of the molecule is CC(O)(Cn1cc(-c2ccccc2)cn1)C(=O)O. The number of benzene rings is 1. The van der Waals surface area contributed by atoms with Gasteiger partial charge in [0.15, 0.2) is 5.60 Å². The quantitative estimate of drug-likeness (QED) is 0.854. The average Bonchev–Trinajstić information content (AvgIpc) is 2.78. The van der Waals surface area contributed by atoms with Gasteiger partial charge in [-0.2, -0.15) is 5.10 Å².